The van der Waals surface area contributed by atoms with Crippen molar-refractivity contribution >= 4 is 24.2 Å². The molecule has 0 bridgehead atoms. The van der Waals surface area contributed by atoms with Crippen molar-refractivity contribution in [1.82, 2.24) is 9.13 Å². The first kappa shape index (κ1) is 18.3. The van der Waals surface area contributed by atoms with Gasteiger partial charge in [-0.05, 0) is 61.8 Å². The Bertz CT molecular complexity index is 918. The second-order valence-corrected chi connectivity index (χ2v) is 6.01. The van der Waals surface area contributed by atoms with Crippen LogP contribution in [0, 0.1) is 20.4 Å². The third-order valence-electron chi connectivity index (χ3n) is 4.73. The lowest BCUT2D eigenvalue weighted by Crippen LogP contribution is -1.99. The smallest absolute Gasteiger partial charge is 0.333 e. The molecule has 2 aromatic heterocycles. The first-order valence-electron chi connectivity index (χ1n) is 8.12. The van der Waals surface area contributed by atoms with E-state index in [1.807, 2.05) is 29.8 Å². The standard InChI is InChI=1S/C20H23N3O2/c1-7-17-13(2)19(22(5)14(17)3)11-10-15-8-9-16(23(15)6)12-18(21-4)20(24)25/h8-12H,7H2,1-3,5-6H3,(H,24,25)/b11-10+,18-12-. The normalized spacial score (nSPS) is 11.9. The summed E-state index contributed by atoms with van der Waals surface area (Å²) >= 11 is 0. The topological polar surface area (TPSA) is 51.5 Å². The molecule has 0 saturated carbocycles. The average Bonchev–Trinajstić information content (AvgIpc) is 3.01. The number of carboxylic acids is 1. The molecule has 0 aromatic carbocycles. The predicted octanol–water partition coefficient (Wildman–Crippen LogP) is 4.06. The maximum absolute atomic E-state index is 11.0. The number of nitrogens with zero attached hydrogens (tertiary/aromatic N) is 3. The average molecular weight is 337 g/mol. The molecule has 0 unspecified atom stereocenters. The Labute approximate surface area is 148 Å². The van der Waals surface area contributed by atoms with Gasteiger partial charge in [0.2, 0.25) is 0 Å². The molecular formula is C20H23N3O2. The molecule has 2 rings (SSSR count). The van der Waals surface area contributed by atoms with Gasteiger partial charge in [-0.2, -0.15) is 0 Å². The zero-order valence-electron chi connectivity index (χ0n) is 15.3. The van der Waals surface area contributed by atoms with E-state index in [4.69, 9.17) is 11.7 Å². The summed E-state index contributed by atoms with van der Waals surface area (Å²) in [6, 6.07) is 3.73. The number of hydrogen-bond acceptors (Lipinski definition) is 1. The Balaban J connectivity index is 2.39. The minimum absolute atomic E-state index is 0.293. The number of carboxylic acid groups (broad SMARTS) is 1. The number of rotatable bonds is 5. The van der Waals surface area contributed by atoms with E-state index < -0.39 is 5.97 Å². The van der Waals surface area contributed by atoms with Crippen LogP contribution in [-0.2, 0) is 25.3 Å². The first-order chi connectivity index (χ1) is 11.8. The highest BCUT2D eigenvalue weighted by atomic mass is 16.4. The van der Waals surface area contributed by atoms with Crippen LogP contribution in [0.5, 0.6) is 0 Å². The van der Waals surface area contributed by atoms with Crippen LogP contribution in [0.15, 0.2) is 17.8 Å². The molecule has 1 N–H and O–H groups in total. The molecule has 5 nitrogen and oxygen atoms in total. The van der Waals surface area contributed by atoms with Crippen LogP contribution in [0.2, 0.25) is 0 Å². The molecule has 0 radical (unpaired) electrons. The monoisotopic (exact) mass is 337 g/mol. The van der Waals surface area contributed by atoms with Gasteiger partial charge in [-0.1, -0.05) is 6.92 Å². The number of hydrogen-bond donors (Lipinski definition) is 1. The van der Waals surface area contributed by atoms with Gasteiger partial charge in [0.15, 0.2) is 0 Å². The molecule has 0 aliphatic heterocycles. The molecule has 25 heavy (non-hydrogen) atoms. The van der Waals surface area contributed by atoms with E-state index in [0.717, 1.165) is 12.1 Å². The maximum Gasteiger partial charge on any atom is 0.333 e. The van der Waals surface area contributed by atoms with E-state index in [2.05, 4.69) is 43.3 Å². The van der Waals surface area contributed by atoms with Crippen molar-refractivity contribution in [2.75, 3.05) is 0 Å². The summed E-state index contributed by atoms with van der Waals surface area (Å²) in [5.74, 6) is -1.21. The summed E-state index contributed by atoms with van der Waals surface area (Å²) in [4.78, 5) is 14.0. The van der Waals surface area contributed by atoms with Crippen LogP contribution in [0.1, 0.15) is 40.8 Å². The highest BCUT2D eigenvalue weighted by Crippen LogP contribution is 2.24. The molecule has 130 valence electrons. The number of carbonyl (C=O) groups is 1. The summed E-state index contributed by atoms with van der Waals surface area (Å²) in [7, 11) is 3.92. The van der Waals surface area contributed by atoms with Gasteiger partial charge in [-0.25, -0.2) is 4.85 Å². The fourth-order valence-electron chi connectivity index (χ4n) is 3.12. The van der Waals surface area contributed by atoms with E-state index in [-0.39, 0.29) is 5.70 Å². The van der Waals surface area contributed by atoms with Gasteiger partial charge in [0.05, 0.1) is 6.57 Å². The van der Waals surface area contributed by atoms with E-state index in [9.17, 15) is 4.79 Å². The predicted molar refractivity (Wildman–Crippen MR) is 101 cm³/mol. The molecule has 2 heterocycles. The van der Waals surface area contributed by atoms with Gasteiger partial charge in [-0.15, -0.1) is 0 Å². The van der Waals surface area contributed by atoms with E-state index in [1.54, 1.807) is 0 Å². The van der Waals surface area contributed by atoms with Crippen molar-refractivity contribution < 1.29 is 9.90 Å². The van der Waals surface area contributed by atoms with Gasteiger partial charge in [-0.3, -0.25) is 4.79 Å². The summed E-state index contributed by atoms with van der Waals surface area (Å²) in [5.41, 5.74) is 6.44. The van der Waals surface area contributed by atoms with Crippen LogP contribution < -0.4 is 0 Å². The molecule has 5 heteroatoms. The fourth-order valence-corrected chi connectivity index (χ4v) is 3.12. The van der Waals surface area contributed by atoms with Gasteiger partial charge in [0.1, 0.15) is 0 Å². The second kappa shape index (κ2) is 7.27. The van der Waals surface area contributed by atoms with E-state index in [0.29, 0.717) is 5.69 Å². The zero-order valence-corrected chi connectivity index (χ0v) is 15.3. The summed E-state index contributed by atoms with van der Waals surface area (Å²) in [6.07, 6.45) is 6.49. The van der Waals surface area contributed by atoms with Crippen molar-refractivity contribution in [2.24, 2.45) is 14.1 Å². The van der Waals surface area contributed by atoms with Gasteiger partial charge in [0, 0.05) is 36.9 Å². The molecule has 0 fully saturated rings. The van der Waals surface area contributed by atoms with Crippen LogP contribution in [0.25, 0.3) is 23.1 Å². The highest BCUT2D eigenvalue weighted by molar-refractivity contribution is 5.94. The second-order valence-electron chi connectivity index (χ2n) is 6.01. The molecular weight excluding hydrogens is 314 g/mol. The minimum atomic E-state index is -1.21. The molecule has 0 atom stereocenters. The zero-order chi connectivity index (χ0) is 18.7. The van der Waals surface area contributed by atoms with Crippen LogP contribution in [0.4, 0.5) is 0 Å². The van der Waals surface area contributed by atoms with Crippen molar-refractivity contribution in [1.29, 1.82) is 0 Å². The highest BCUT2D eigenvalue weighted by Gasteiger charge is 2.12. The Morgan fingerprint density at radius 2 is 1.84 bits per heavy atom. The number of aromatic nitrogens is 2. The SMILES string of the molecule is [C-]#[N+]/C(=C\c1ccc(/C=C/c2c(C)c(CC)c(C)n2C)n1C)C(=O)O. The quantitative estimate of drug-likeness (QED) is 0.661. The molecule has 2 aromatic rings. The third-order valence-corrected chi connectivity index (χ3v) is 4.73. The van der Waals surface area contributed by atoms with Gasteiger partial charge < -0.3 is 14.2 Å². The summed E-state index contributed by atoms with van der Waals surface area (Å²) < 4.78 is 4.06. The lowest BCUT2D eigenvalue weighted by Gasteiger charge is -2.03. The van der Waals surface area contributed by atoms with Crippen molar-refractivity contribution in [3.05, 3.63) is 63.1 Å². The Morgan fingerprint density at radius 3 is 2.36 bits per heavy atom. The molecule has 0 amide bonds. The lowest BCUT2D eigenvalue weighted by atomic mass is 10.1. The number of aliphatic carboxylic acids is 1. The van der Waals surface area contributed by atoms with Gasteiger partial charge in [0.25, 0.3) is 5.70 Å². The van der Waals surface area contributed by atoms with Crippen LogP contribution in [0.3, 0.4) is 0 Å². The van der Waals surface area contributed by atoms with Crippen LogP contribution >= 0.6 is 0 Å². The minimum Gasteiger partial charge on any atom is -0.486 e. The third kappa shape index (κ3) is 3.43. The van der Waals surface area contributed by atoms with Crippen molar-refractivity contribution in [3.63, 3.8) is 0 Å². The Kier molecular flexibility index (Phi) is 5.33. The maximum atomic E-state index is 11.0. The first-order valence-corrected chi connectivity index (χ1v) is 8.12. The summed E-state index contributed by atoms with van der Waals surface area (Å²) in [5, 5.41) is 8.99. The molecule has 0 aliphatic carbocycles. The van der Waals surface area contributed by atoms with Crippen molar-refractivity contribution in [3.8, 4) is 0 Å². The molecule has 0 spiro atoms. The molecule has 0 saturated heterocycles. The lowest BCUT2D eigenvalue weighted by molar-refractivity contribution is -0.132. The van der Waals surface area contributed by atoms with E-state index >= 15 is 0 Å². The largest absolute Gasteiger partial charge is 0.486 e. The fraction of sp³-hybridized carbons (Fsp3) is 0.300. The van der Waals surface area contributed by atoms with E-state index in [1.165, 1.54) is 28.6 Å². The van der Waals surface area contributed by atoms with Crippen molar-refractivity contribution in [2.45, 2.75) is 27.2 Å². The van der Waals surface area contributed by atoms with Crippen LogP contribution in [-0.4, -0.2) is 20.2 Å². The Morgan fingerprint density at radius 1 is 1.20 bits per heavy atom. The molecule has 0 aliphatic rings. The van der Waals surface area contributed by atoms with Gasteiger partial charge >= 0.3 is 5.97 Å². The Hall–Kier alpha value is -3.00. The summed E-state index contributed by atoms with van der Waals surface area (Å²) in [6.45, 7) is 13.4.